The Morgan fingerprint density at radius 3 is 1.03 bits per heavy atom. The lowest BCUT2D eigenvalue weighted by Crippen LogP contribution is -2.61. The molecule has 12 aromatic heterocycles. The van der Waals surface area contributed by atoms with E-state index in [0.29, 0.717) is 105 Å². The molecule has 0 spiro atoms. The molecule has 1 saturated carbocycles. The van der Waals surface area contributed by atoms with E-state index >= 15 is 0 Å². The molecule has 0 radical (unpaired) electrons. The van der Waals surface area contributed by atoms with Gasteiger partial charge in [-0.3, -0.25) is 24.0 Å². The van der Waals surface area contributed by atoms with Gasteiger partial charge in [0.2, 0.25) is 29.5 Å². The number of alkyl halides is 16. The molecule has 30 nitrogen and oxygen atoms in total. The van der Waals surface area contributed by atoms with Crippen molar-refractivity contribution in [2.45, 2.75) is 99.2 Å². The van der Waals surface area contributed by atoms with Crippen LogP contribution in [0.15, 0.2) is 123 Å². The number of carbonyl (C=O) groups excluding carboxylic acids is 5. The summed E-state index contributed by atoms with van der Waals surface area (Å²) < 4.78 is 206. The third-order valence-corrected chi connectivity index (χ3v) is 21.0. The molecule has 0 aromatic carbocycles. The Hall–Kier alpha value is -12.3. The first-order valence-electron chi connectivity index (χ1n) is 37.9. The number of aromatic nitrogens is 16. The van der Waals surface area contributed by atoms with Crippen molar-refractivity contribution in [3.05, 3.63) is 143 Å². The monoisotopic (exact) mass is 1860 g/mol. The van der Waals surface area contributed by atoms with Gasteiger partial charge in [-0.15, -0.1) is 0 Å². The van der Waals surface area contributed by atoms with Crippen LogP contribution in [0.4, 0.5) is 93.5 Å². The zero-order chi connectivity index (χ0) is 90.1. The summed E-state index contributed by atoms with van der Waals surface area (Å²) in [5, 5.41) is 11.5. The van der Waals surface area contributed by atoms with E-state index < -0.39 is 130 Å². The molecule has 8 N–H and O–H groups in total. The number of hydrogen-bond acceptors (Lipinski definition) is 21. The lowest BCUT2D eigenvalue weighted by Gasteiger charge is -2.41. The van der Waals surface area contributed by atoms with Gasteiger partial charge in [0.1, 0.15) is 109 Å². The Morgan fingerprint density at radius 2 is 0.714 bits per heavy atom. The fourth-order valence-electron chi connectivity index (χ4n) is 14.4. The number of nitrogens with one attached hydrogen (secondary N) is 8. The highest BCUT2D eigenvalue weighted by Crippen LogP contribution is 2.40. The Morgan fingerprint density at radius 1 is 0.413 bits per heavy atom. The normalized spacial score (nSPS) is 19.0. The SMILES string of the molecule is O=C(NCC(F)(F)F)[C@H]1CC(F)(F)CN1c1ccnc(-c2c[nH]c3ncc(Cl)cc23)n1.O=C(NCC(F)(F)F)[C@H]1CN(C(=O)C2CC2)CCN1c1ccnc(-c2c[nH]c3ncc(Cl)cc23)n1.O=C(NCC(F)(F)F)[C@H]1C[C@@H](F)CN1c1ccnc(-c2c[nH]c3ncc(Cl)cc23)n1.O=C(NCC(F)(F)F)[C@H]1C[C@H](F)CN1c1ccnc(-c2c[nH]c3ncc(Cl)cc23)n1.[HH].[HH].[HH]. The van der Waals surface area contributed by atoms with Gasteiger partial charge >= 0.3 is 24.7 Å². The fraction of sp³-hybridized carbons (Fsp3) is 0.355. The molecule has 12 aromatic rings. The van der Waals surface area contributed by atoms with E-state index in [1.807, 2.05) is 16.0 Å². The minimum atomic E-state index is -4.66. The molecule has 50 heteroatoms. The number of anilines is 4. The molecule has 126 heavy (non-hydrogen) atoms. The highest BCUT2D eigenvalue weighted by atomic mass is 35.5. The second-order valence-corrected chi connectivity index (χ2v) is 31.0. The summed E-state index contributed by atoms with van der Waals surface area (Å²) in [4.78, 5) is 132. The number of hydrogen-bond donors (Lipinski definition) is 8. The van der Waals surface area contributed by atoms with Gasteiger partial charge in [-0.25, -0.2) is 77.4 Å². The predicted octanol–water partition coefficient (Wildman–Crippen LogP) is 13.6. The molecule has 4 aliphatic heterocycles. The first kappa shape index (κ1) is 89.9. The average Bonchev–Trinajstić information content (AvgIpc) is 1.61. The molecule has 0 bridgehead atoms. The highest BCUT2D eigenvalue weighted by Gasteiger charge is 2.50. The minimum Gasteiger partial charge on any atom is -0.345 e. The third-order valence-electron chi connectivity index (χ3n) is 20.1. The summed E-state index contributed by atoms with van der Waals surface area (Å²) in [5.41, 5.74) is 4.55. The van der Waals surface area contributed by atoms with Gasteiger partial charge in [-0.2, -0.15) is 52.7 Å². The molecule has 1 aliphatic carbocycles. The van der Waals surface area contributed by atoms with Crippen LogP contribution in [-0.2, 0) is 24.0 Å². The van der Waals surface area contributed by atoms with Crippen LogP contribution >= 0.6 is 46.4 Å². The molecule has 6 atom stereocenters. The van der Waals surface area contributed by atoms with E-state index in [2.05, 4.69) is 79.7 Å². The predicted molar refractivity (Wildman–Crippen MR) is 434 cm³/mol. The summed E-state index contributed by atoms with van der Waals surface area (Å²) in [6.07, 6.45) is -2.70. The van der Waals surface area contributed by atoms with Gasteiger partial charge in [0.05, 0.1) is 46.3 Å². The van der Waals surface area contributed by atoms with Crippen LogP contribution in [0.2, 0.25) is 20.1 Å². The van der Waals surface area contributed by atoms with Crippen molar-refractivity contribution in [1.29, 1.82) is 0 Å². The van der Waals surface area contributed by atoms with Gasteiger partial charge in [0.15, 0.2) is 23.3 Å². The van der Waals surface area contributed by atoms with Crippen LogP contribution in [0.5, 0.6) is 0 Å². The number of carbonyl (C=O) groups is 5. The number of rotatable bonds is 17. The maximum atomic E-state index is 14.1. The van der Waals surface area contributed by atoms with Crippen molar-refractivity contribution in [1.82, 2.24) is 106 Å². The molecular weight excluding hydrogens is 1790 g/mol. The molecule has 5 amide bonds. The summed E-state index contributed by atoms with van der Waals surface area (Å²) in [6, 6.07) is 7.82. The summed E-state index contributed by atoms with van der Waals surface area (Å²) in [6.45, 7) is -6.67. The quantitative estimate of drug-likeness (QED) is 0.0393. The second-order valence-electron chi connectivity index (χ2n) is 29.3. The lowest BCUT2D eigenvalue weighted by molar-refractivity contribution is -0.141. The molecule has 16 heterocycles. The number of halogens is 20. The largest absolute Gasteiger partial charge is 0.405 e. The number of fused-ring (bicyclic) bond motifs is 4. The Kier molecular flexibility index (Phi) is 26.2. The van der Waals surface area contributed by atoms with Gasteiger partial charge < -0.3 is 65.7 Å². The fourth-order valence-corrected chi connectivity index (χ4v) is 15.0. The molecule has 0 unspecified atom stereocenters. The third kappa shape index (κ3) is 21.9. The Balaban J connectivity index is 0.000000165. The standard InChI is InChI=1S/C22H21ClF3N7O2.C18H14ClF5N6O.2C18H15ClF4N6O.3H2/c23-13-7-14-15(9-29-18(14)28-8-13)19-27-4-3-17(31-19)33-6-5-32(21(35)12-1-2-12)10-16(33)20(34)30-11-22(24,25)26;19-9-3-10-11(6-27-14(10)26-5-9)15-25-2-1-13(29-15)30-8-17(20,21)4-12(30)16(31)28-7-18(22,23)24;2*19-9-3-11-12(6-26-15(11)25-5-9)16-24-2-1-14(28-16)29-7-10(20)4-13(29)17(30)27-8-18(21,22)23;;;/h3-4,7-9,12,16H,1-2,5-6,10-11H2,(H,28,29)(H,30,34);1-3,5-6,12H,4,7-8H2,(H,26,27)(H,28,31);2*1-3,5-6,10,13H,4,7-8H2,(H,25,26)(H,27,30);3*1H/t16-;12-;10-,13+;10-,13-;;;/m1101.../s1. The van der Waals surface area contributed by atoms with Gasteiger partial charge in [0.25, 0.3) is 5.92 Å². The topological polar surface area (TPSA) is 368 Å². The summed E-state index contributed by atoms with van der Waals surface area (Å²) >= 11 is 24.1. The number of aromatic amines is 4. The van der Waals surface area contributed by atoms with Crippen molar-refractivity contribution >= 4 is 143 Å². The van der Waals surface area contributed by atoms with Crippen molar-refractivity contribution in [2.75, 3.05) is 85.0 Å². The van der Waals surface area contributed by atoms with Crippen molar-refractivity contribution in [3.63, 3.8) is 0 Å². The van der Waals surface area contributed by atoms with Gasteiger partial charge in [0, 0.05) is 161 Å². The van der Waals surface area contributed by atoms with Crippen LogP contribution in [-0.4, -0.2) is 247 Å². The number of pyridine rings is 4. The van der Waals surface area contributed by atoms with Crippen molar-refractivity contribution in [3.8, 4) is 45.6 Å². The molecular formula is C76H71Cl4F16N25O5. The van der Waals surface area contributed by atoms with Crippen LogP contribution in [0, 0.1) is 5.92 Å². The number of nitrogens with zero attached hydrogens (tertiary/aromatic N) is 17. The van der Waals surface area contributed by atoms with E-state index in [-0.39, 0.29) is 90.1 Å². The van der Waals surface area contributed by atoms with E-state index in [0.717, 1.165) is 17.7 Å². The van der Waals surface area contributed by atoms with E-state index in [4.69, 9.17) is 46.4 Å². The number of H-pyrrole nitrogens is 4. The highest BCUT2D eigenvalue weighted by molar-refractivity contribution is 6.32. The first-order valence-corrected chi connectivity index (χ1v) is 39.4. The van der Waals surface area contributed by atoms with Gasteiger partial charge in [-0.05, 0) is 61.4 Å². The maximum Gasteiger partial charge on any atom is 0.405 e. The Labute approximate surface area is 723 Å². The van der Waals surface area contributed by atoms with E-state index in [9.17, 15) is 94.2 Å². The number of piperazine rings is 1. The second kappa shape index (κ2) is 36.7. The van der Waals surface area contributed by atoms with Crippen LogP contribution < -0.4 is 40.9 Å². The van der Waals surface area contributed by atoms with Crippen LogP contribution in [0.1, 0.15) is 36.4 Å². The van der Waals surface area contributed by atoms with Gasteiger partial charge in [-0.1, -0.05) is 46.4 Å². The van der Waals surface area contributed by atoms with E-state index in [1.54, 1.807) is 70.2 Å². The zero-order valence-corrected chi connectivity index (χ0v) is 67.4. The Bertz CT molecular complexity index is 5870. The lowest BCUT2D eigenvalue weighted by atomic mass is 10.1. The smallest absolute Gasteiger partial charge is 0.345 e. The maximum absolute atomic E-state index is 14.1. The average molecular weight is 1860 g/mol. The molecule has 4 saturated heterocycles. The molecule has 5 aliphatic rings. The van der Waals surface area contributed by atoms with Crippen LogP contribution in [0.25, 0.3) is 89.7 Å². The van der Waals surface area contributed by atoms with E-state index in [1.165, 1.54) is 77.6 Å². The van der Waals surface area contributed by atoms with Crippen molar-refractivity contribution in [2.24, 2.45) is 5.92 Å². The van der Waals surface area contributed by atoms with Crippen molar-refractivity contribution < 1.29 is 98.5 Å². The first-order chi connectivity index (χ1) is 59.6. The summed E-state index contributed by atoms with van der Waals surface area (Å²) in [5.74, 6) is -5.33. The van der Waals surface area contributed by atoms with Crippen LogP contribution in [0.3, 0.4) is 0 Å². The molecule has 670 valence electrons. The molecule has 17 rings (SSSR count). The minimum absolute atomic E-state index is 0. The molecule has 5 fully saturated rings. The zero-order valence-electron chi connectivity index (χ0n) is 64.4. The number of amides is 5. The summed E-state index contributed by atoms with van der Waals surface area (Å²) in [7, 11) is 0.